The molecule has 1 aromatic heterocycles. The zero-order chi connectivity index (χ0) is 20.5. The van der Waals surface area contributed by atoms with Gasteiger partial charge in [0.15, 0.2) is 5.96 Å². The van der Waals surface area contributed by atoms with Gasteiger partial charge in [-0.3, -0.25) is 14.9 Å². The van der Waals surface area contributed by atoms with E-state index in [9.17, 15) is 8.42 Å². The molecule has 164 valence electrons. The van der Waals surface area contributed by atoms with E-state index in [0.717, 1.165) is 38.7 Å². The highest BCUT2D eigenvalue weighted by Crippen LogP contribution is 2.08. The zero-order valence-electron chi connectivity index (χ0n) is 17.1. The number of hydrogen-bond acceptors (Lipinski definition) is 5. The molecule has 0 atom stereocenters. The van der Waals surface area contributed by atoms with Gasteiger partial charge in [-0.15, -0.1) is 24.0 Å². The Kier molecular flexibility index (Phi) is 9.95. The molecule has 1 fully saturated rings. The molecule has 0 unspecified atom stereocenters. The molecular weight excluding hydrogens is 515 g/mol. The van der Waals surface area contributed by atoms with Crippen molar-refractivity contribution in [3.05, 3.63) is 60.4 Å². The van der Waals surface area contributed by atoms with E-state index in [1.807, 2.05) is 6.07 Å². The Bertz CT molecular complexity index is 888. The molecular formula is C20H29IN6O2S. The molecule has 2 N–H and O–H groups in total. The number of aromatic nitrogens is 1. The molecule has 2 heterocycles. The van der Waals surface area contributed by atoms with Crippen molar-refractivity contribution in [3.8, 4) is 0 Å². The summed E-state index contributed by atoms with van der Waals surface area (Å²) in [4.78, 5) is 13.0. The summed E-state index contributed by atoms with van der Waals surface area (Å²) < 4.78 is 27.0. The van der Waals surface area contributed by atoms with Crippen LogP contribution in [0.2, 0.25) is 0 Å². The quantitative estimate of drug-likeness (QED) is 0.237. The molecule has 10 heteroatoms. The normalized spacial score (nSPS) is 15.5. The van der Waals surface area contributed by atoms with Crippen LogP contribution >= 0.6 is 24.0 Å². The van der Waals surface area contributed by atoms with Gasteiger partial charge < -0.3 is 10.2 Å². The Labute approximate surface area is 195 Å². The molecule has 8 nitrogen and oxygen atoms in total. The van der Waals surface area contributed by atoms with E-state index < -0.39 is 10.0 Å². The first kappa shape index (κ1) is 24.5. The van der Waals surface area contributed by atoms with Gasteiger partial charge in [-0.2, -0.15) is 0 Å². The minimum atomic E-state index is -3.54. The molecule has 1 aromatic carbocycles. The molecule has 0 saturated carbocycles. The predicted molar refractivity (Wildman–Crippen MR) is 129 cm³/mol. The lowest BCUT2D eigenvalue weighted by Gasteiger charge is -2.36. The number of pyridine rings is 1. The first-order valence-corrected chi connectivity index (χ1v) is 11.2. The Balaban J connectivity index is 0.00000320. The zero-order valence-corrected chi connectivity index (χ0v) is 20.2. The lowest BCUT2D eigenvalue weighted by molar-refractivity contribution is 0.172. The Morgan fingerprint density at radius 2 is 1.80 bits per heavy atom. The van der Waals surface area contributed by atoms with E-state index in [4.69, 9.17) is 0 Å². The number of nitrogens with one attached hydrogen (secondary N) is 2. The van der Waals surface area contributed by atoms with E-state index in [2.05, 4.69) is 54.1 Å². The second kappa shape index (κ2) is 12.2. The van der Waals surface area contributed by atoms with E-state index in [1.165, 1.54) is 17.8 Å². The van der Waals surface area contributed by atoms with Gasteiger partial charge in [-0.05, 0) is 17.7 Å². The minimum absolute atomic E-state index is 0. The summed E-state index contributed by atoms with van der Waals surface area (Å²) in [5, 5.41) is 3.24. The van der Waals surface area contributed by atoms with Gasteiger partial charge in [0.25, 0.3) is 0 Å². The number of nitrogens with zero attached hydrogens (tertiary/aromatic N) is 4. The van der Waals surface area contributed by atoms with Crippen LogP contribution in [0.1, 0.15) is 5.56 Å². The van der Waals surface area contributed by atoms with E-state index in [-0.39, 0.29) is 35.4 Å². The fourth-order valence-corrected chi connectivity index (χ4v) is 4.24. The highest BCUT2D eigenvalue weighted by atomic mass is 127. The number of benzene rings is 1. The highest BCUT2D eigenvalue weighted by Gasteiger charge is 2.19. The van der Waals surface area contributed by atoms with Crippen molar-refractivity contribution in [2.75, 3.05) is 46.3 Å². The number of rotatable bonds is 7. The van der Waals surface area contributed by atoms with Crippen molar-refractivity contribution in [2.45, 2.75) is 11.4 Å². The van der Waals surface area contributed by atoms with Gasteiger partial charge in [-0.1, -0.05) is 30.3 Å². The fourth-order valence-electron chi connectivity index (χ4n) is 3.24. The SMILES string of the molecule is CN=C(NCCNS(=O)(=O)c1cccnc1)N1CCN(Cc2ccccc2)CC1.I. The maximum absolute atomic E-state index is 12.2. The number of guanidine groups is 1. The smallest absolute Gasteiger partial charge is 0.242 e. The van der Waals surface area contributed by atoms with Crippen molar-refractivity contribution < 1.29 is 8.42 Å². The monoisotopic (exact) mass is 544 g/mol. The predicted octanol–water partition coefficient (Wildman–Crippen LogP) is 1.37. The first-order valence-electron chi connectivity index (χ1n) is 9.70. The molecule has 0 spiro atoms. The van der Waals surface area contributed by atoms with Gasteiger partial charge in [-0.25, -0.2) is 13.1 Å². The average molecular weight is 544 g/mol. The van der Waals surface area contributed by atoms with Crippen LogP contribution in [0.25, 0.3) is 0 Å². The van der Waals surface area contributed by atoms with Crippen LogP contribution in [-0.4, -0.2) is 75.5 Å². The summed E-state index contributed by atoms with van der Waals surface area (Å²) in [6.07, 6.45) is 2.88. The van der Waals surface area contributed by atoms with Crippen LogP contribution in [0.4, 0.5) is 0 Å². The molecule has 0 amide bonds. The lowest BCUT2D eigenvalue weighted by Crippen LogP contribution is -2.52. The molecule has 0 bridgehead atoms. The van der Waals surface area contributed by atoms with Crippen molar-refractivity contribution in [3.63, 3.8) is 0 Å². The number of aliphatic imine (C=N–C) groups is 1. The van der Waals surface area contributed by atoms with Crippen LogP contribution in [-0.2, 0) is 16.6 Å². The molecule has 1 saturated heterocycles. The van der Waals surface area contributed by atoms with E-state index in [1.54, 1.807) is 19.3 Å². The fraction of sp³-hybridized carbons (Fsp3) is 0.400. The Morgan fingerprint density at radius 1 is 1.07 bits per heavy atom. The van der Waals surface area contributed by atoms with Crippen molar-refractivity contribution in [1.82, 2.24) is 24.8 Å². The van der Waals surface area contributed by atoms with Crippen LogP contribution in [0.15, 0.2) is 64.7 Å². The third kappa shape index (κ3) is 7.18. The number of sulfonamides is 1. The Morgan fingerprint density at radius 3 is 2.43 bits per heavy atom. The maximum atomic E-state index is 12.2. The van der Waals surface area contributed by atoms with Gasteiger partial charge >= 0.3 is 0 Å². The molecule has 3 rings (SSSR count). The molecule has 1 aliphatic rings. The van der Waals surface area contributed by atoms with E-state index >= 15 is 0 Å². The Hall–Kier alpha value is -1.76. The van der Waals surface area contributed by atoms with Crippen molar-refractivity contribution in [2.24, 2.45) is 4.99 Å². The topological polar surface area (TPSA) is 89.9 Å². The average Bonchev–Trinajstić information content (AvgIpc) is 2.76. The third-order valence-corrected chi connectivity index (χ3v) is 6.22. The first-order chi connectivity index (χ1) is 14.1. The second-order valence-corrected chi connectivity index (χ2v) is 8.58. The summed E-state index contributed by atoms with van der Waals surface area (Å²) in [6, 6.07) is 13.6. The van der Waals surface area contributed by atoms with Gasteiger partial charge in [0, 0.05) is 65.3 Å². The lowest BCUT2D eigenvalue weighted by atomic mass is 10.2. The van der Waals surface area contributed by atoms with Crippen LogP contribution in [0.3, 0.4) is 0 Å². The molecule has 2 aromatic rings. The molecule has 1 aliphatic heterocycles. The maximum Gasteiger partial charge on any atom is 0.242 e. The van der Waals surface area contributed by atoms with Gasteiger partial charge in [0.05, 0.1) is 0 Å². The molecule has 0 radical (unpaired) electrons. The van der Waals surface area contributed by atoms with Gasteiger partial charge in [0.1, 0.15) is 4.90 Å². The summed E-state index contributed by atoms with van der Waals surface area (Å²) >= 11 is 0. The second-order valence-electron chi connectivity index (χ2n) is 6.81. The summed E-state index contributed by atoms with van der Waals surface area (Å²) in [5.74, 6) is 0.796. The largest absolute Gasteiger partial charge is 0.355 e. The number of piperazine rings is 1. The summed E-state index contributed by atoms with van der Waals surface area (Å²) in [5.41, 5.74) is 1.32. The van der Waals surface area contributed by atoms with Crippen LogP contribution in [0.5, 0.6) is 0 Å². The highest BCUT2D eigenvalue weighted by molar-refractivity contribution is 14.0. The van der Waals surface area contributed by atoms with Crippen LogP contribution < -0.4 is 10.0 Å². The molecule has 30 heavy (non-hydrogen) atoms. The van der Waals surface area contributed by atoms with E-state index in [0.29, 0.717) is 6.54 Å². The van der Waals surface area contributed by atoms with Crippen LogP contribution in [0, 0.1) is 0 Å². The van der Waals surface area contributed by atoms with Crippen molar-refractivity contribution in [1.29, 1.82) is 0 Å². The minimum Gasteiger partial charge on any atom is -0.355 e. The number of halogens is 1. The number of hydrogen-bond donors (Lipinski definition) is 2. The van der Waals surface area contributed by atoms with Gasteiger partial charge in [0.2, 0.25) is 10.0 Å². The molecule has 0 aliphatic carbocycles. The summed E-state index contributed by atoms with van der Waals surface area (Å²) in [6.45, 7) is 5.37. The third-order valence-electron chi connectivity index (χ3n) is 4.78. The summed E-state index contributed by atoms with van der Waals surface area (Å²) in [7, 11) is -1.79. The van der Waals surface area contributed by atoms with Crippen molar-refractivity contribution >= 4 is 40.0 Å². The standard InChI is InChI=1S/C20H28N6O2S.HI/c1-21-20(23-10-11-24-29(27,28)19-8-5-9-22-16-19)26-14-12-25(13-15-26)17-18-6-3-2-4-7-18;/h2-9,16,24H,10-15,17H2,1H3,(H,21,23);1H.